The molecule has 2 N–H and O–H groups in total. The van der Waals surface area contributed by atoms with Gasteiger partial charge in [0.1, 0.15) is 12.4 Å². The van der Waals surface area contributed by atoms with E-state index in [9.17, 15) is 4.79 Å². The highest BCUT2D eigenvalue weighted by Crippen LogP contribution is 2.26. The van der Waals surface area contributed by atoms with Crippen LogP contribution in [0, 0.1) is 5.92 Å². The minimum absolute atomic E-state index is 0.112. The molecule has 7 heteroatoms. The molecule has 1 fully saturated rings. The summed E-state index contributed by atoms with van der Waals surface area (Å²) >= 11 is 1.59. The average Bonchev–Trinajstić information content (AvgIpc) is 3.23. The number of aromatic nitrogens is 3. The number of hydrogen-bond donors (Lipinski definition) is 2. The molecular formula is C16H22N4O2S. The number of amides is 1. The normalized spacial score (nSPS) is 21.3. The van der Waals surface area contributed by atoms with Crippen molar-refractivity contribution in [2.45, 2.75) is 45.3 Å². The van der Waals surface area contributed by atoms with Gasteiger partial charge < -0.3 is 10.1 Å². The van der Waals surface area contributed by atoms with Gasteiger partial charge in [0.15, 0.2) is 5.82 Å². The number of rotatable bonds is 6. The summed E-state index contributed by atoms with van der Waals surface area (Å²) in [6, 6.07) is 3.93. The molecule has 0 aromatic carbocycles. The topological polar surface area (TPSA) is 79.9 Å². The molecule has 0 saturated heterocycles. The van der Waals surface area contributed by atoms with E-state index in [1.165, 1.54) is 19.3 Å². The Morgan fingerprint density at radius 3 is 3.13 bits per heavy atom. The highest BCUT2D eigenvalue weighted by atomic mass is 32.1. The minimum atomic E-state index is -0.114. The number of nitrogens with one attached hydrogen (secondary N) is 2. The van der Waals surface area contributed by atoms with Crippen molar-refractivity contribution in [2.75, 3.05) is 6.61 Å². The van der Waals surface area contributed by atoms with Crippen molar-refractivity contribution in [2.24, 2.45) is 5.92 Å². The van der Waals surface area contributed by atoms with Crippen LogP contribution in [0.2, 0.25) is 0 Å². The Labute approximate surface area is 139 Å². The fourth-order valence-electron chi connectivity index (χ4n) is 2.84. The van der Waals surface area contributed by atoms with Crippen molar-refractivity contribution in [1.82, 2.24) is 20.5 Å². The van der Waals surface area contributed by atoms with E-state index in [0.29, 0.717) is 24.1 Å². The van der Waals surface area contributed by atoms with Crippen LogP contribution in [0.1, 0.15) is 38.4 Å². The number of thiophene rings is 1. The van der Waals surface area contributed by atoms with Crippen molar-refractivity contribution in [3.63, 3.8) is 0 Å². The molecule has 2 aromatic heterocycles. The molecular weight excluding hydrogens is 312 g/mol. The first-order chi connectivity index (χ1) is 11.2. The Morgan fingerprint density at radius 2 is 2.35 bits per heavy atom. The van der Waals surface area contributed by atoms with Gasteiger partial charge in [-0.15, -0.1) is 11.3 Å². The van der Waals surface area contributed by atoms with Gasteiger partial charge in [-0.1, -0.05) is 25.8 Å². The molecule has 124 valence electrons. The van der Waals surface area contributed by atoms with E-state index in [2.05, 4.69) is 27.4 Å². The molecule has 1 saturated carbocycles. The van der Waals surface area contributed by atoms with Crippen LogP contribution in [0.15, 0.2) is 17.5 Å². The summed E-state index contributed by atoms with van der Waals surface area (Å²) in [5.41, 5.74) is 0. The molecule has 2 aromatic rings. The van der Waals surface area contributed by atoms with Gasteiger partial charge in [0.25, 0.3) is 0 Å². The number of carbonyl (C=O) groups is 1. The Hall–Kier alpha value is -1.73. The smallest absolute Gasteiger partial charge is 0.246 e. The Morgan fingerprint density at radius 1 is 1.48 bits per heavy atom. The number of H-pyrrole nitrogens is 1. The lowest BCUT2D eigenvalue weighted by atomic mass is 9.88. The summed E-state index contributed by atoms with van der Waals surface area (Å²) in [7, 11) is 0. The number of carbonyl (C=O) groups excluding carboxylic acids is 1. The van der Waals surface area contributed by atoms with Gasteiger partial charge in [-0.25, -0.2) is 4.98 Å². The molecule has 2 atom stereocenters. The number of nitrogens with zero attached hydrogens (tertiary/aromatic N) is 2. The maximum Gasteiger partial charge on any atom is 0.246 e. The van der Waals surface area contributed by atoms with Crippen LogP contribution in [0.4, 0.5) is 0 Å². The third-order valence-electron chi connectivity index (χ3n) is 4.19. The van der Waals surface area contributed by atoms with Gasteiger partial charge in [-0.2, -0.15) is 5.10 Å². The van der Waals surface area contributed by atoms with Crippen molar-refractivity contribution in [1.29, 1.82) is 0 Å². The summed E-state index contributed by atoms with van der Waals surface area (Å²) in [5.74, 6) is 1.74. The van der Waals surface area contributed by atoms with Gasteiger partial charge >= 0.3 is 0 Å². The van der Waals surface area contributed by atoms with Crippen LogP contribution >= 0.6 is 11.3 Å². The van der Waals surface area contributed by atoms with E-state index in [1.807, 2.05) is 17.5 Å². The Balaban J connectivity index is 1.42. The molecule has 2 heterocycles. The van der Waals surface area contributed by atoms with Crippen LogP contribution in [0.25, 0.3) is 10.7 Å². The highest BCUT2D eigenvalue weighted by molar-refractivity contribution is 7.13. The molecule has 0 radical (unpaired) electrons. The lowest BCUT2D eigenvalue weighted by Crippen LogP contribution is -2.33. The fourth-order valence-corrected chi connectivity index (χ4v) is 3.49. The third-order valence-corrected chi connectivity index (χ3v) is 5.05. The molecule has 0 aliphatic heterocycles. The minimum Gasteiger partial charge on any atom is -0.368 e. The fraction of sp³-hybridized carbons (Fsp3) is 0.562. The first kappa shape index (κ1) is 16.1. The maximum atomic E-state index is 11.9. The second-order valence-corrected chi connectivity index (χ2v) is 6.92. The first-order valence-corrected chi connectivity index (χ1v) is 8.94. The van der Waals surface area contributed by atoms with Crippen molar-refractivity contribution < 1.29 is 9.53 Å². The zero-order valence-corrected chi connectivity index (χ0v) is 14.1. The van der Waals surface area contributed by atoms with E-state index >= 15 is 0 Å². The zero-order valence-electron chi connectivity index (χ0n) is 13.2. The van der Waals surface area contributed by atoms with Crippen LogP contribution in [-0.4, -0.2) is 33.8 Å². The average molecular weight is 334 g/mol. The lowest BCUT2D eigenvalue weighted by Gasteiger charge is -2.28. The monoisotopic (exact) mass is 334 g/mol. The van der Waals surface area contributed by atoms with Crippen LogP contribution < -0.4 is 5.32 Å². The number of hydrogen-bond acceptors (Lipinski definition) is 5. The lowest BCUT2D eigenvalue weighted by molar-refractivity contribution is -0.129. The van der Waals surface area contributed by atoms with E-state index in [4.69, 9.17) is 4.74 Å². The predicted molar refractivity (Wildman–Crippen MR) is 88.9 cm³/mol. The quantitative estimate of drug-likeness (QED) is 0.851. The molecule has 23 heavy (non-hydrogen) atoms. The molecule has 6 nitrogen and oxygen atoms in total. The highest BCUT2D eigenvalue weighted by Gasteiger charge is 2.22. The Bertz CT molecular complexity index is 626. The summed E-state index contributed by atoms with van der Waals surface area (Å²) in [4.78, 5) is 17.3. The van der Waals surface area contributed by atoms with Gasteiger partial charge in [0.2, 0.25) is 5.91 Å². The summed E-state index contributed by atoms with van der Waals surface area (Å²) in [5, 5.41) is 11.8. The molecule has 0 unspecified atom stereocenters. The predicted octanol–water partition coefficient (Wildman–Crippen LogP) is 2.74. The van der Waals surface area contributed by atoms with Crippen LogP contribution in [0.5, 0.6) is 0 Å². The zero-order chi connectivity index (χ0) is 16.1. The van der Waals surface area contributed by atoms with E-state index < -0.39 is 0 Å². The van der Waals surface area contributed by atoms with Gasteiger partial charge in [-0.3, -0.25) is 9.89 Å². The van der Waals surface area contributed by atoms with Crippen LogP contribution in [-0.2, 0) is 16.1 Å². The molecule has 0 spiro atoms. The number of aromatic amines is 1. The SMILES string of the molecule is C[C@H]1CCCC[C@H]1OCC(=O)NCc1nc(-c2cccs2)n[nH]1. The second kappa shape index (κ2) is 7.70. The maximum absolute atomic E-state index is 11.9. The molecule has 1 amide bonds. The summed E-state index contributed by atoms with van der Waals surface area (Å²) in [6.07, 6.45) is 4.92. The van der Waals surface area contributed by atoms with Crippen molar-refractivity contribution in [3.05, 3.63) is 23.3 Å². The van der Waals surface area contributed by atoms with E-state index in [0.717, 1.165) is 11.3 Å². The first-order valence-electron chi connectivity index (χ1n) is 8.06. The van der Waals surface area contributed by atoms with E-state index in [1.54, 1.807) is 11.3 Å². The van der Waals surface area contributed by atoms with Gasteiger partial charge in [0.05, 0.1) is 17.5 Å². The third kappa shape index (κ3) is 4.39. The van der Waals surface area contributed by atoms with Crippen molar-refractivity contribution >= 4 is 17.2 Å². The van der Waals surface area contributed by atoms with Gasteiger partial charge in [0, 0.05) is 0 Å². The summed E-state index contributed by atoms with van der Waals surface area (Å²) < 4.78 is 5.75. The largest absolute Gasteiger partial charge is 0.368 e. The molecule has 1 aliphatic rings. The second-order valence-electron chi connectivity index (χ2n) is 5.97. The molecule has 3 rings (SSSR count). The molecule has 0 bridgehead atoms. The molecule has 1 aliphatic carbocycles. The Kier molecular flexibility index (Phi) is 5.40. The van der Waals surface area contributed by atoms with Crippen molar-refractivity contribution in [3.8, 4) is 10.7 Å². The number of ether oxygens (including phenoxy) is 1. The van der Waals surface area contributed by atoms with Crippen LogP contribution in [0.3, 0.4) is 0 Å². The summed E-state index contributed by atoms with van der Waals surface area (Å²) in [6.45, 7) is 2.64. The van der Waals surface area contributed by atoms with E-state index in [-0.39, 0.29) is 18.6 Å². The standard InChI is InChI=1S/C16H22N4O2S/c1-11-5-2-3-6-12(11)22-10-15(21)17-9-14-18-16(20-19-14)13-7-4-8-23-13/h4,7-8,11-12H,2-3,5-6,9-10H2,1H3,(H,17,21)(H,18,19,20)/t11-,12+/m0/s1. The van der Waals surface area contributed by atoms with Gasteiger partial charge in [-0.05, 0) is 30.2 Å².